The highest BCUT2D eigenvalue weighted by Crippen LogP contribution is 2.36. The molecule has 4 rings (SSSR count). The summed E-state index contributed by atoms with van der Waals surface area (Å²) in [6.45, 7) is 1.94. The van der Waals surface area contributed by atoms with E-state index >= 15 is 0 Å². The van der Waals surface area contributed by atoms with Crippen molar-refractivity contribution >= 4 is 49.7 Å². The van der Waals surface area contributed by atoms with Crippen LogP contribution in [0.25, 0.3) is 21.1 Å². The highest BCUT2D eigenvalue weighted by Gasteiger charge is 2.15. The zero-order valence-corrected chi connectivity index (χ0v) is 15.6. The van der Waals surface area contributed by atoms with Gasteiger partial charge in [0.1, 0.15) is 17.2 Å². The van der Waals surface area contributed by atoms with Crippen molar-refractivity contribution in [3.8, 4) is 11.5 Å². The number of benzene rings is 2. The van der Waals surface area contributed by atoms with Crippen LogP contribution >= 0.6 is 11.3 Å². The number of hydrogen-bond acceptors (Lipinski definition) is 8. The Morgan fingerprint density at radius 3 is 2.78 bits per heavy atom. The molecule has 3 N–H and O–H groups in total. The van der Waals surface area contributed by atoms with Crippen molar-refractivity contribution in [3.63, 3.8) is 0 Å². The number of methoxy groups -OCH3 is 1. The summed E-state index contributed by atoms with van der Waals surface area (Å²) in [5, 5.41) is 22.9. The third-order valence-electron chi connectivity index (χ3n) is 4.21. The first kappa shape index (κ1) is 17.2. The molecular weight excluding hydrogens is 362 g/mol. The Kier molecular flexibility index (Phi) is 4.33. The van der Waals surface area contributed by atoms with Crippen LogP contribution in [-0.4, -0.2) is 32.9 Å². The third kappa shape index (κ3) is 3.04. The van der Waals surface area contributed by atoms with Crippen molar-refractivity contribution in [1.82, 2.24) is 15.0 Å². The molecule has 2 heterocycles. The van der Waals surface area contributed by atoms with E-state index in [1.165, 1.54) is 24.8 Å². The molecule has 2 aromatic heterocycles. The average molecular weight is 379 g/mol. The number of fused-ring (bicyclic) bond motifs is 3. The van der Waals surface area contributed by atoms with E-state index < -0.39 is 0 Å². The number of anilines is 2. The topological polar surface area (TPSA) is 104 Å². The van der Waals surface area contributed by atoms with Gasteiger partial charge in [0.15, 0.2) is 11.5 Å². The zero-order valence-electron chi connectivity index (χ0n) is 14.8. The fourth-order valence-corrected chi connectivity index (χ4v) is 3.94. The van der Waals surface area contributed by atoms with Crippen LogP contribution in [0.3, 0.4) is 0 Å². The van der Waals surface area contributed by atoms with Crippen molar-refractivity contribution in [2.75, 3.05) is 12.4 Å². The SMILES string of the molecule is CCC(=N)c1nc2ccc3ncnc(Nc4ccc(OC)c(O)c4)c3c2s1. The Balaban J connectivity index is 1.86. The van der Waals surface area contributed by atoms with E-state index in [4.69, 9.17) is 10.1 Å². The van der Waals surface area contributed by atoms with Gasteiger partial charge in [-0.3, -0.25) is 0 Å². The molecule has 0 unspecified atom stereocenters. The van der Waals surface area contributed by atoms with Gasteiger partial charge in [0.2, 0.25) is 0 Å². The number of nitrogens with zero attached hydrogens (tertiary/aromatic N) is 3. The Morgan fingerprint density at radius 1 is 1.22 bits per heavy atom. The lowest BCUT2D eigenvalue weighted by Gasteiger charge is -2.10. The first-order chi connectivity index (χ1) is 13.1. The second kappa shape index (κ2) is 6.81. The number of rotatable bonds is 5. The number of aromatic nitrogens is 3. The van der Waals surface area contributed by atoms with E-state index in [-0.39, 0.29) is 5.75 Å². The molecule has 7 nitrogen and oxygen atoms in total. The van der Waals surface area contributed by atoms with Gasteiger partial charge >= 0.3 is 0 Å². The van der Waals surface area contributed by atoms with Crippen LogP contribution in [0.1, 0.15) is 18.4 Å². The van der Waals surface area contributed by atoms with Crippen LogP contribution in [0.15, 0.2) is 36.7 Å². The summed E-state index contributed by atoms with van der Waals surface area (Å²) in [6, 6.07) is 8.88. The minimum atomic E-state index is 0.0440. The van der Waals surface area contributed by atoms with E-state index in [1.54, 1.807) is 18.2 Å². The largest absolute Gasteiger partial charge is 0.504 e. The van der Waals surface area contributed by atoms with E-state index in [9.17, 15) is 5.11 Å². The van der Waals surface area contributed by atoms with E-state index in [0.717, 1.165) is 21.1 Å². The van der Waals surface area contributed by atoms with Crippen molar-refractivity contribution in [2.45, 2.75) is 13.3 Å². The molecule has 0 spiro atoms. The van der Waals surface area contributed by atoms with Crippen LogP contribution in [0, 0.1) is 5.41 Å². The van der Waals surface area contributed by atoms with Gasteiger partial charge in [-0.15, -0.1) is 11.3 Å². The standard InChI is InChI=1S/C19H17N5O2S/c1-3-11(20)19-24-13-6-5-12-16(17(13)27-19)18(22-9-21-12)23-10-4-7-15(26-2)14(25)8-10/h4-9,20,25H,3H2,1-2H3,(H,21,22,23). The molecule has 0 saturated carbocycles. The smallest absolute Gasteiger partial charge is 0.160 e. The average Bonchev–Trinajstić information content (AvgIpc) is 3.12. The summed E-state index contributed by atoms with van der Waals surface area (Å²) < 4.78 is 6.02. The zero-order chi connectivity index (χ0) is 19.0. The number of nitrogens with one attached hydrogen (secondary N) is 2. The van der Waals surface area contributed by atoms with Gasteiger partial charge in [-0.1, -0.05) is 6.92 Å². The monoisotopic (exact) mass is 379 g/mol. The molecule has 0 aliphatic carbocycles. The number of thiazole rings is 1. The molecule has 0 aliphatic rings. The summed E-state index contributed by atoms with van der Waals surface area (Å²) in [6.07, 6.45) is 2.13. The Morgan fingerprint density at radius 2 is 2.04 bits per heavy atom. The molecule has 8 heteroatoms. The number of phenols is 1. The summed E-state index contributed by atoms with van der Waals surface area (Å²) >= 11 is 1.47. The van der Waals surface area contributed by atoms with E-state index in [1.807, 2.05) is 19.1 Å². The molecule has 0 aliphatic heterocycles. The third-order valence-corrected chi connectivity index (χ3v) is 5.36. The van der Waals surface area contributed by atoms with Crippen molar-refractivity contribution in [1.29, 1.82) is 5.41 Å². The summed E-state index contributed by atoms with van der Waals surface area (Å²) in [7, 11) is 1.51. The maximum absolute atomic E-state index is 10.0. The van der Waals surface area contributed by atoms with Crippen molar-refractivity contribution in [3.05, 3.63) is 41.7 Å². The van der Waals surface area contributed by atoms with Crippen molar-refractivity contribution in [2.24, 2.45) is 0 Å². The molecule has 0 fully saturated rings. The number of phenolic OH excluding ortho intramolecular Hbond substituents is 1. The highest BCUT2D eigenvalue weighted by atomic mass is 32.1. The second-order valence-corrected chi connectivity index (χ2v) is 6.89. The summed E-state index contributed by atoms with van der Waals surface area (Å²) in [5.41, 5.74) is 2.79. The minimum Gasteiger partial charge on any atom is -0.504 e. The van der Waals surface area contributed by atoms with Crippen molar-refractivity contribution < 1.29 is 9.84 Å². The Hall–Kier alpha value is -3.26. The molecule has 0 bridgehead atoms. The quantitative estimate of drug-likeness (QED) is 0.442. The molecule has 0 radical (unpaired) electrons. The van der Waals surface area contributed by atoms with Gasteiger partial charge in [0.05, 0.1) is 33.9 Å². The molecule has 4 aromatic rings. The molecule has 136 valence electrons. The van der Waals surface area contributed by atoms with Crippen LogP contribution in [0.5, 0.6) is 11.5 Å². The van der Waals surface area contributed by atoms with Gasteiger partial charge in [-0.05, 0) is 30.7 Å². The van der Waals surface area contributed by atoms with Crippen LogP contribution in [-0.2, 0) is 0 Å². The fourth-order valence-electron chi connectivity index (χ4n) is 2.81. The maximum Gasteiger partial charge on any atom is 0.160 e. The van der Waals surface area contributed by atoms with E-state index in [0.29, 0.717) is 34.4 Å². The molecule has 2 aromatic carbocycles. The lowest BCUT2D eigenvalue weighted by Crippen LogP contribution is -1.96. The lowest BCUT2D eigenvalue weighted by atomic mass is 10.2. The summed E-state index contributed by atoms with van der Waals surface area (Å²) in [5.74, 6) is 1.07. The van der Waals surface area contributed by atoms with Gasteiger partial charge in [0, 0.05) is 11.8 Å². The van der Waals surface area contributed by atoms with Crippen LogP contribution in [0.4, 0.5) is 11.5 Å². The molecule has 27 heavy (non-hydrogen) atoms. The van der Waals surface area contributed by atoms with Gasteiger partial charge in [0.25, 0.3) is 0 Å². The molecule has 0 amide bonds. The minimum absolute atomic E-state index is 0.0440. The van der Waals surface area contributed by atoms with Gasteiger partial charge in [-0.2, -0.15) is 0 Å². The van der Waals surface area contributed by atoms with Gasteiger partial charge in [-0.25, -0.2) is 15.0 Å². The molecular formula is C19H17N5O2S. The first-order valence-corrected chi connectivity index (χ1v) is 9.18. The fraction of sp³-hybridized carbons (Fsp3) is 0.158. The number of ether oxygens (including phenoxy) is 1. The highest BCUT2D eigenvalue weighted by molar-refractivity contribution is 7.21. The van der Waals surface area contributed by atoms with Crippen LogP contribution < -0.4 is 10.1 Å². The molecule has 0 saturated heterocycles. The van der Waals surface area contributed by atoms with E-state index in [2.05, 4.69) is 20.3 Å². The second-order valence-electron chi connectivity index (χ2n) is 5.89. The maximum atomic E-state index is 10.0. The lowest BCUT2D eigenvalue weighted by molar-refractivity contribution is 0.373. The first-order valence-electron chi connectivity index (χ1n) is 8.36. The Bertz CT molecular complexity index is 1170. The Labute approximate surface area is 159 Å². The van der Waals surface area contributed by atoms with Crippen LogP contribution in [0.2, 0.25) is 0 Å². The summed E-state index contributed by atoms with van der Waals surface area (Å²) in [4.78, 5) is 13.3. The molecule has 0 atom stereocenters. The normalized spacial score (nSPS) is 11.0. The predicted molar refractivity (Wildman–Crippen MR) is 108 cm³/mol. The number of aromatic hydroxyl groups is 1. The number of hydrogen-bond donors (Lipinski definition) is 3. The van der Waals surface area contributed by atoms with Gasteiger partial charge < -0.3 is 20.6 Å². The predicted octanol–water partition coefficient (Wildman–Crippen LogP) is 4.48.